The smallest absolute Gasteiger partial charge is 0.255 e. The summed E-state index contributed by atoms with van der Waals surface area (Å²) in [6, 6.07) is 15.9. The van der Waals surface area contributed by atoms with Crippen molar-refractivity contribution >= 4 is 23.4 Å². The molecule has 2 atom stereocenters. The summed E-state index contributed by atoms with van der Waals surface area (Å²) < 4.78 is 5.05. The van der Waals surface area contributed by atoms with Gasteiger partial charge in [-0.2, -0.15) is 0 Å². The molecule has 2 aromatic carbocycles. The van der Waals surface area contributed by atoms with Crippen molar-refractivity contribution < 1.29 is 14.1 Å². The van der Waals surface area contributed by atoms with Gasteiger partial charge in [-0.05, 0) is 42.2 Å². The Morgan fingerprint density at radius 2 is 1.97 bits per heavy atom. The van der Waals surface area contributed by atoms with Crippen LogP contribution in [0.5, 0.6) is 0 Å². The molecule has 30 heavy (non-hydrogen) atoms. The van der Waals surface area contributed by atoms with E-state index in [1.807, 2.05) is 49.4 Å². The molecule has 4 rings (SSSR count). The minimum atomic E-state index is -0.684. The van der Waals surface area contributed by atoms with E-state index >= 15 is 0 Å². The number of hydrogen-bond donors (Lipinski definition) is 1. The van der Waals surface area contributed by atoms with Crippen LogP contribution in [-0.2, 0) is 11.3 Å². The second-order valence-corrected chi connectivity index (χ2v) is 7.98. The number of hydrogen-bond acceptors (Lipinski definition) is 4. The van der Waals surface area contributed by atoms with Crippen molar-refractivity contribution in [3.05, 3.63) is 87.8 Å². The summed E-state index contributed by atoms with van der Waals surface area (Å²) in [5, 5.41) is 7.46. The molecule has 0 saturated heterocycles. The number of aryl methyl sites for hydroxylation is 1. The summed E-state index contributed by atoms with van der Waals surface area (Å²) in [6.45, 7) is 4.48. The largest absolute Gasteiger partial charge is 0.361 e. The van der Waals surface area contributed by atoms with E-state index in [2.05, 4.69) is 10.5 Å². The van der Waals surface area contributed by atoms with Gasteiger partial charge < -0.3 is 14.7 Å². The quantitative estimate of drug-likeness (QED) is 0.643. The molecular weight excluding hydrogens is 402 g/mol. The lowest BCUT2D eigenvalue weighted by Gasteiger charge is -2.27. The Labute approximate surface area is 179 Å². The Bertz CT molecular complexity index is 1080. The Morgan fingerprint density at radius 3 is 2.67 bits per heavy atom. The first-order chi connectivity index (χ1) is 14.4. The average Bonchev–Trinajstić information content (AvgIpc) is 3.28. The lowest BCUT2D eigenvalue weighted by atomic mass is 9.99. The van der Waals surface area contributed by atoms with E-state index in [1.165, 1.54) is 0 Å². The van der Waals surface area contributed by atoms with Gasteiger partial charge in [-0.15, -0.1) is 0 Å². The zero-order chi connectivity index (χ0) is 21.3. The number of aromatic nitrogens is 1. The van der Waals surface area contributed by atoms with Crippen molar-refractivity contribution in [2.45, 2.75) is 32.4 Å². The maximum atomic E-state index is 13.1. The van der Waals surface area contributed by atoms with Gasteiger partial charge in [0.2, 0.25) is 5.91 Å². The molecule has 6 nitrogen and oxygen atoms in total. The van der Waals surface area contributed by atoms with Crippen LogP contribution < -0.4 is 5.32 Å². The number of halogens is 1. The van der Waals surface area contributed by atoms with Crippen LogP contribution in [0.25, 0.3) is 0 Å². The van der Waals surface area contributed by atoms with E-state index in [1.54, 1.807) is 24.0 Å². The summed E-state index contributed by atoms with van der Waals surface area (Å²) in [4.78, 5) is 27.9. The SMILES string of the molecule is Cc1cc(CNC(=O)C2c3ccccc3C(=O)N2CC(C)c2ccc(Cl)cc2)no1. The highest BCUT2D eigenvalue weighted by atomic mass is 35.5. The highest BCUT2D eigenvalue weighted by molar-refractivity contribution is 6.30. The number of carbonyl (C=O) groups excluding carboxylic acids is 2. The van der Waals surface area contributed by atoms with Gasteiger partial charge in [-0.1, -0.05) is 54.0 Å². The normalized spacial score (nSPS) is 16.4. The molecule has 0 aliphatic carbocycles. The molecule has 3 aromatic rings. The summed E-state index contributed by atoms with van der Waals surface area (Å²) in [6.07, 6.45) is 0. The molecule has 154 valence electrons. The fourth-order valence-corrected chi connectivity index (χ4v) is 3.93. The van der Waals surface area contributed by atoms with Gasteiger partial charge in [-0.3, -0.25) is 9.59 Å². The topological polar surface area (TPSA) is 75.4 Å². The zero-order valence-electron chi connectivity index (χ0n) is 16.8. The second-order valence-electron chi connectivity index (χ2n) is 7.55. The molecule has 1 aliphatic rings. The van der Waals surface area contributed by atoms with E-state index in [0.717, 1.165) is 11.1 Å². The predicted octanol–water partition coefficient (Wildman–Crippen LogP) is 4.25. The first-order valence-electron chi connectivity index (χ1n) is 9.79. The average molecular weight is 424 g/mol. The van der Waals surface area contributed by atoms with Crippen LogP contribution >= 0.6 is 11.6 Å². The van der Waals surface area contributed by atoms with E-state index in [4.69, 9.17) is 16.1 Å². The first kappa shape index (κ1) is 20.2. The van der Waals surface area contributed by atoms with Crippen molar-refractivity contribution in [2.75, 3.05) is 6.54 Å². The number of amides is 2. The van der Waals surface area contributed by atoms with Gasteiger partial charge >= 0.3 is 0 Å². The van der Waals surface area contributed by atoms with Crippen LogP contribution in [0.4, 0.5) is 0 Å². The summed E-state index contributed by atoms with van der Waals surface area (Å²) in [5.74, 6) is 0.342. The lowest BCUT2D eigenvalue weighted by molar-refractivity contribution is -0.125. The molecule has 2 amide bonds. The molecule has 0 fully saturated rings. The number of rotatable bonds is 6. The summed E-state index contributed by atoms with van der Waals surface area (Å²) >= 11 is 5.99. The first-order valence-corrected chi connectivity index (χ1v) is 10.2. The Hall–Kier alpha value is -3.12. The van der Waals surface area contributed by atoms with Crippen LogP contribution in [0.2, 0.25) is 5.02 Å². The molecule has 0 radical (unpaired) electrons. The maximum absolute atomic E-state index is 13.1. The number of nitrogens with zero attached hydrogens (tertiary/aromatic N) is 2. The Morgan fingerprint density at radius 1 is 1.23 bits per heavy atom. The van der Waals surface area contributed by atoms with Gasteiger partial charge in [0, 0.05) is 23.2 Å². The molecule has 2 heterocycles. The van der Waals surface area contributed by atoms with Gasteiger partial charge in [0.25, 0.3) is 5.91 Å². The van der Waals surface area contributed by atoms with E-state index in [-0.39, 0.29) is 24.3 Å². The summed E-state index contributed by atoms with van der Waals surface area (Å²) in [7, 11) is 0. The van der Waals surface area contributed by atoms with Crippen molar-refractivity contribution in [3.63, 3.8) is 0 Å². The third kappa shape index (κ3) is 3.96. The number of fused-ring (bicyclic) bond motifs is 1. The molecule has 0 saturated carbocycles. The standard InChI is InChI=1S/C23H22ClN3O3/c1-14(16-7-9-17(24)10-8-16)13-27-21(19-5-3-4-6-20(19)23(27)29)22(28)25-12-18-11-15(2)30-26-18/h3-11,14,21H,12-13H2,1-2H3,(H,25,28). The van der Waals surface area contributed by atoms with Gasteiger partial charge in [-0.25, -0.2) is 0 Å². The van der Waals surface area contributed by atoms with Gasteiger partial charge in [0.05, 0.1) is 6.54 Å². The van der Waals surface area contributed by atoms with Crippen molar-refractivity contribution in [1.29, 1.82) is 0 Å². The molecule has 7 heteroatoms. The van der Waals surface area contributed by atoms with Crippen LogP contribution in [0.3, 0.4) is 0 Å². The molecule has 1 aliphatic heterocycles. The molecule has 1 aromatic heterocycles. The number of carbonyl (C=O) groups is 2. The zero-order valence-corrected chi connectivity index (χ0v) is 17.5. The monoisotopic (exact) mass is 423 g/mol. The highest BCUT2D eigenvalue weighted by Crippen LogP contribution is 2.35. The molecule has 1 N–H and O–H groups in total. The van der Waals surface area contributed by atoms with E-state index in [0.29, 0.717) is 28.6 Å². The molecular formula is C23H22ClN3O3. The maximum Gasteiger partial charge on any atom is 0.255 e. The lowest BCUT2D eigenvalue weighted by Crippen LogP contribution is -2.40. The minimum absolute atomic E-state index is 0.0361. The van der Waals surface area contributed by atoms with Crippen molar-refractivity contribution in [2.24, 2.45) is 0 Å². The van der Waals surface area contributed by atoms with Crippen LogP contribution in [0.15, 0.2) is 59.1 Å². The third-order valence-corrected chi connectivity index (χ3v) is 5.59. The molecule has 2 unspecified atom stereocenters. The van der Waals surface area contributed by atoms with Crippen LogP contribution in [0, 0.1) is 6.92 Å². The van der Waals surface area contributed by atoms with E-state index < -0.39 is 6.04 Å². The van der Waals surface area contributed by atoms with Crippen molar-refractivity contribution in [3.8, 4) is 0 Å². The highest BCUT2D eigenvalue weighted by Gasteiger charge is 2.41. The fourth-order valence-electron chi connectivity index (χ4n) is 3.81. The number of benzene rings is 2. The van der Waals surface area contributed by atoms with Crippen LogP contribution in [0.1, 0.15) is 51.8 Å². The van der Waals surface area contributed by atoms with Gasteiger partial charge in [0.1, 0.15) is 17.5 Å². The third-order valence-electron chi connectivity index (χ3n) is 5.34. The number of nitrogens with one attached hydrogen (secondary N) is 1. The van der Waals surface area contributed by atoms with Crippen molar-refractivity contribution in [1.82, 2.24) is 15.4 Å². The second kappa shape index (κ2) is 8.32. The Kier molecular flexibility index (Phi) is 5.59. The summed E-state index contributed by atoms with van der Waals surface area (Å²) in [5.41, 5.74) is 2.98. The minimum Gasteiger partial charge on any atom is -0.361 e. The van der Waals surface area contributed by atoms with Gasteiger partial charge in [0.15, 0.2) is 0 Å². The Balaban J connectivity index is 1.56. The van der Waals surface area contributed by atoms with E-state index in [9.17, 15) is 9.59 Å². The molecule has 0 spiro atoms. The van der Waals surface area contributed by atoms with Crippen LogP contribution in [-0.4, -0.2) is 28.4 Å². The predicted molar refractivity (Wildman–Crippen MR) is 113 cm³/mol. The fraction of sp³-hybridized carbons (Fsp3) is 0.261. The molecule has 0 bridgehead atoms.